The SMILES string of the molecule is CC(C)c1cccc(-n2nnn(C)c2=O)c1COc1cc(Cl)ccc1Cl. The summed E-state index contributed by atoms with van der Waals surface area (Å²) in [5, 5.41) is 8.74. The zero-order chi connectivity index (χ0) is 18.8. The number of tetrazole rings is 1. The smallest absolute Gasteiger partial charge is 0.368 e. The molecule has 1 aromatic heterocycles. The molecule has 0 aliphatic rings. The molecule has 0 bridgehead atoms. The third-order valence-corrected chi connectivity index (χ3v) is 4.57. The van der Waals surface area contributed by atoms with Crippen molar-refractivity contribution in [2.45, 2.75) is 26.4 Å². The molecule has 0 saturated heterocycles. The lowest BCUT2D eigenvalue weighted by Crippen LogP contribution is -2.23. The highest BCUT2D eigenvalue weighted by Crippen LogP contribution is 2.31. The minimum atomic E-state index is -0.326. The maximum absolute atomic E-state index is 12.3. The fourth-order valence-corrected chi connectivity index (χ4v) is 3.03. The van der Waals surface area contributed by atoms with Crippen molar-refractivity contribution in [2.24, 2.45) is 7.05 Å². The van der Waals surface area contributed by atoms with Crippen LogP contribution in [0.5, 0.6) is 5.75 Å². The van der Waals surface area contributed by atoms with Crippen LogP contribution in [0.4, 0.5) is 0 Å². The molecule has 136 valence electrons. The van der Waals surface area contributed by atoms with Crippen molar-refractivity contribution in [2.75, 3.05) is 0 Å². The van der Waals surface area contributed by atoms with E-state index in [1.165, 1.54) is 9.36 Å². The van der Waals surface area contributed by atoms with E-state index < -0.39 is 0 Å². The van der Waals surface area contributed by atoms with Crippen LogP contribution in [0.25, 0.3) is 5.69 Å². The molecule has 0 N–H and O–H groups in total. The van der Waals surface area contributed by atoms with Gasteiger partial charge in [-0.1, -0.05) is 49.2 Å². The molecule has 0 radical (unpaired) electrons. The van der Waals surface area contributed by atoms with Gasteiger partial charge >= 0.3 is 5.69 Å². The molecule has 0 fully saturated rings. The van der Waals surface area contributed by atoms with Crippen LogP contribution in [0.3, 0.4) is 0 Å². The van der Waals surface area contributed by atoms with Gasteiger partial charge in [0.15, 0.2) is 0 Å². The van der Waals surface area contributed by atoms with Gasteiger partial charge in [0, 0.05) is 23.7 Å². The molecule has 0 amide bonds. The van der Waals surface area contributed by atoms with Crippen LogP contribution in [0, 0.1) is 0 Å². The lowest BCUT2D eigenvalue weighted by Gasteiger charge is -2.17. The van der Waals surface area contributed by atoms with Crippen molar-refractivity contribution in [3.63, 3.8) is 0 Å². The normalized spacial score (nSPS) is 11.2. The van der Waals surface area contributed by atoms with E-state index in [0.29, 0.717) is 21.5 Å². The predicted octanol–water partition coefficient (Wildman–Crippen LogP) is 3.98. The Morgan fingerprint density at radius 3 is 2.58 bits per heavy atom. The Morgan fingerprint density at radius 2 is 1.92 bits per heavy atom. The first kappa shape index (κ1) is 18.5. The summed E-state index contributed by atoms with van der Waals surface area (Å²) in [5.41, 5.74) is 2.21. The van der Waals surface area contributed by atoms with Gasteiger partial charge < -0.3 is 4.74 Å². The highest BCUT2D eigenvalue weighted by molar-refractivity contribution is 6.34. The summed E-state index contributed by atoms with van der Waals surface area (Å²) >= 11 is 12.2. The van der Waals surface area contributed by atoms with E-state index in [9.17, 15) is 4.79 Å². The van der Waals surface area contributed by atoms with E-state index in [1.54, 1.807) is 25.2 Å². The van der Waals surface area contributed by atoms with Crippen LogP contribution in [0.1, 0.15) is 30.9 Å². The first-order valence-electron chi connectivity index (χ1n) is 8.07. The van der Waals surface area contributed by atoms with Crippen LogP contribution in [-0.2, 0) is 13.7 Å². The summed E-state index contributed by atoms with van der Waals surface area (Å²) in [6.07, 6.45) is 0. The van der Waals surface area contributed by atoms with Crippen molar-refractivity contribution in [3.05, 3.63) is 68.1 Å². The van der Waals surface area contributed by atoms with Crippen molar-refractivity contribution in [1.82, 2.24) is 19.8 Å². The van der Waals surface area contributed by atoms with Crippen molar-refractivity contribution in [3.8, 4) is 11.4 Å². The number of halogens is 2. The number of ether oxygens (including phenoxy) is 1. The Morgan fingerprint density at radius 1 is 1.15 bits per heavy atom. The fourth-order valence-electron chi connectivity index (χ4n) is 2.69. The second-order valence-electron chi connectivity index (χ2n) is 6.16. The molecule has 0 saturated carbocycles. The Bertz CT molecular complexity index is 995. The molecule has 0 spiro atoms. The van der Waals surface area contributed by atoms with Crippen molar-refractivity contribution in [1.29, 1.82) is 0 Å². The van der Waals surface area contributed by atoms with E-state index >= 15 is 0 Å². The molecule has 0 aliphatic heterocycles. The molecule has 3 rings (SSSR count). The summed E-state index contributed by atoms with van der Waals surface area (Å²) in [4.78, 5) is 12.3. The number of aromatic nitrogens is 4. The van der Waals surface area contributed by atoms with Gasteiger partial charge in [-0.25, -0.2) is 4.79 Å². The number of hydrogen-bond acceptors (Lipinski definition) is 4. The maximum atomic E-state index is 12.3. The molecule has 2 aromatic carbocycles. The summed E-state index contributed by atoms with van der Waals surface area (Å²) in [5.74, 6) is 0.714. The highest BCUT2D eigenvalue weighted by Gasteiger charge is 2.17. The quantitative estimate of drug-likeness (QED) is 0.658. The number of nitrogens with zero attached hydrogens (tertiary/aromatic N) is 4. The standard InChI is InChI=1S/C18H18Cl2N4O2/c1-11(2)13-5-4-6-16(24-18(25)23(3)21-22-24)14(13)10-26-17-9-12(19)7-8-15(17)20/h4-9,11H,10H2,1-3H3. The maximum Gasteiger partial charge on any atom is 0.368 e. The average molecular weight is 393 g/mol. The van der Waals surface area contributed by atoms with Gasteiger partial charge in [0.25, 0.3) is 0 Å². The predicted molar refractivity (Wildman–Crippen MR) is 101 cm³/mol. The van der Waals surface area contributed by atoms with Gasteiger partial charge in [-0.2, -0.15) is 9.36 Å². The molecule has 0 atom stereocenters. The first-order chi connectivity index (χ1) is 12.4. The number of hydrogen-bond donors (Lipinski definition) is 0. The lowest BCUT2D eigenvalue weighted by atomic mass is 9.96. The summed E-state index contributed by atoms with van der Waals surface area (Å²) < 4.78 is 8.37. The van der Waals surface area contributed by atoms with E-state index in [2.05, 4.69) is 24.3 Å². The van der Waals surface area contributed by atoms with Crippen LogP contribution >= 0.6 is 23.2 Å². The first-order valence-corrected chi connectivity index (χ1v) is 8.83. The van der Waals surface area contributed by atoms with Crippen LogP contribution in [-0.4, -0.2) is 19.8 Å². The molecule has 0 aliphatic carbocycles. The number of aryl methyl sites for hydroxylation is 1. The van der Waals surface area contributed by atoms with Gasteiger partial charge in [-0.3, -0.25) is 0 Å². The van der Waals surface area contributed by atoms with Gasteiger partial charge in [0.2, 0.25) is 0 Å². The fraction of sp³-hybridized carbons (Fsp3) is 0.278. The van der Waals surface area contributed by atoms with Crippen LogP contribution < -0.4 is 10.4 Å². The molecule has 6 nitrogen and oxygen atoms in total. The average Bonchev–Trinajstić information content (AvgIpc) is 2.94. The molecular weight excluding hydrogens is 375 g/mol. The number of rotatable bonds is 5. The topological polar surface area (TPSA) is 61.9 Å². The second-order valence-corrected chi connectivity index (χ2v) is 7.00. The molecule has 26 heavy (non-hydrogen) atoms. The van der Waals surface area contributed by atoms with Crippen molar-refractivity contribution < 1.29 is 4.74 Å². The summed E-state index contributed by atoms with van der Waals surface area (Å²) in [6.45, 7) is 4.37. The minimum absolute atomic E-state index is 0.215. The van der Waals surface area contributed by atoms with E-state index in [-0.39, 0.29) is 18.2 Å². The lowest BCUT2D eigenvalue weighted by molar-refractivity contribution is 0.304. The minimum Gasteiger partial charge on any atom is -0.487 e. The van der Waals surface area contributed by atoms with Gasteiger partial charge in [-0.15, -0.1) is 0 Å². The van der Waals surface area contributed by atoms with E-state index in [0.717, 1.165) is 11.1 Å². The van der Waals surface area contributed by atoms with E-state index in [1.807, 2.05) is 18.2 Å². The van der Waals surface area contributed by atoms with Gasteiger partial charge in [0.1, 0.15) is 12.4 Å². The van der Waals surface area contributed by atoms with Crippen molar-refractivity contribution >= 4 is 23.2 Å². The Hall–Kier alpha value is -2.31. The van der Waals surface area contributed by atoms with Gasteiger partial charge in [0.05, 0.1) is 10.7 Å². The van der Waals surface area contributed by atoms with Crippen LogP contribution in [0.2, 0.25) is 10.0 Å². The molecule has 0 unspecified atom stereocenters. The second kappa shape index (κ2) is 7.51. The van der Waals surface area contributed by atoms with E-state index in [4.69, 9.17) is 27.9 Å². The zero-order valence-electron chi connectivity index (χ0n) is 14.6. The van der Waals surface area contributed by atoms with Gasteiger partial charge in [-0.05, 0) is 40.1 Å². The summed E-state index contributed by atoms with van der Waals surface area (Å²) in [7, 11) is 1.56. The monoisotopic (exact) mass is 392 g/mol. The zero-order valence-corrected chi connectivity index (χ0v) is 16.1. The molecule has 3 aromatic rings. The Kier molecular flexibility index (Phi) is 5.34. The Balaban J connectivity index is 2.05. The third-order valence-electron chi connectivity index (χ3n) is 4.02. The molecule has 8 heteroatoms. The highest BCUT2D eigenvalue weighted by atomic mass is 35.5. The molecular formula is C18H18Cl2N4O2. The number of benzene rings is 2. The van der Waals surface area contributed by atoms with Crippen LogP contribution in [0.15, 0.2) is 41.2 Å². The third kappa shape index (κ3) is 3.61. The molecule has 1 heterocycles. The Labute approximate surface area is 160 Å². The largest absolute Gasteiger partial charge is 0.487 e. The summed E-state index contributed by atoms with van der Waals surface area (Å²) in [6, 6.07) is 10.8.